The van der Waals surface area contributed by atoms with Crippen molar-refractivity contribution in [3.63, 3.8) is 0 Å². The molecule has 3 atom stereocenters. The third-order valence-corrected chi connectivity index (χ3v) is 4.91. The number of ketones is 2. The maximum atomic E-state index is 11.7. The summed E-state index contributed by atoms with van der Waals surface area (Å²) in [6.45, 7) is 2.32. The van der Waals surface area contributed by atoms with Gasteiger partial charge >= 0.3 is 0 Å². The van der Waals surface area contributed by atoms with Crippen molar-refractivity contribution in [1.82, 2.24) is 0 Å². The summed E-state index contributed by atoms with van der Waals surface area (Å²) in [5, 5.41) is 0. The molecule has 2 rings (SSSR count). The van der Waals surface area contributed by atoms with Gasteiger partial charge in [0.05, 0.1) is 0 Å². The van der Waals surface area contributed by atoms with Crippen LogP contribution >= 0.6 is 0 Å². The van der Waals surface area contributed by atoms with Crippen LogP contribution in [0.4, 0.5) is 0 Å². The van der Waals surface area contributed by atoms with Crippen molar-refractivity contribution in [2.45, 2.75) is 71.1 Å². The summed E-state index contributed by atoms with van der Waals surface area (Å²) < 4.78 is 0. The first-order valence-corrected chi connectivity index (χ1v) is 8.41. The fourth-order valence-electron chi connectivity index (χ4n) is 3.41. The van der Waals surface area contributed by atoms with E-state index >= 15 is 0 Å². The SMILES string of the molecule is CC1/C=C\CCCCCCC(=O)C(=O)CCCC2CC12. The lowest BCUT2D eigenvalue weighted by Crippen LogP contribution is -2.13. The smallest absolute Gasteiger partial charge is 0.198 e. The third-order valence-electron chi connectivity index (χ3n) is 4.91. The summed E-state index contributed by atoms with van der Waals surface area (Å²) in [5.74, 6) is 2.06. The Labute approximate surface area is 123 Å². The predicted octanol–water partition coefficient (Wildman–Crippen LogP) is 4.48. The van der Waals surface area contributed by atoms with E-state index in [0.29, 0.717) is 18.8 Å². The van der Waals surface area contributed by atoms with Crippen LogP contribution in [0.15, 0.2) is 12.2 Å². The molecular formula is C18H28O2. The van der Waals surface area contributed by atoms with Crippen molar-refractivity contribution >= 4 is 11.6 Å². The molecule has 0 aromatic carbocycles. The Hall–Kier alpha value is -0.920. The van der Waals surface area contributed by atoms with E-state index in [1.807, 2.05) is 0 Å². The molecule has 3 unspecified atom stereocenters. The fourth-order valence-corrected chi connectivity index (χ4v) is 3.41. The van der Waals surface area contributed by atoms with Crippen LogP contribution in [0.3, 0.4) is 0 Å². The summed E-state index contributed by atoms with van der Waals surface area (Å²) in [6.07, 6.45) is 14.5. The van der Waals surface area contributed by atoms with Gasteiger partial charge in [0.1, 0.15) is 0 Å². The first kappa shape index (κ1) is 15.5. The molecule has 0 radical (unpaired) electrons. The van der Waals surface area contributed by atoms with Crippen LogP contribution in [0.25, 0.3) is 0 Å². The molecule has 0 spiro atoms. The molecule has 0 aliphatic heterocycles. The van der Waals surface area contributed by atoms with Crippen molar-refractivity contribution in [3.8, 4) is 0 Å². The summed E-state index contributed by atoms with van der Waals surface area (Å²) >= 11 is 0. The molecular weight excluding hydrogens is 248 g/mol. The lowest BCUT2D eigenvalue weighted by Gasteiger charge is -2.06. The van der Waals surface area contributed by atoms with Gasteiger partial charge in [-0.15, -0.1) is 0 Å². The van der Waals surface area contributed by atoms with Crippen LogP contribution in [0, 0.1) is 17.8 Å². The predicted molar refractivity (Wildman–Crippen MR) is 81.5 cm³/mol. The van der Waals surface area contributed by atoms with E-state index in [2.05, 4.69) is 19.1 Å². The average Bonchev–Trinajstić information content (AvgIpc) is 3.19. The van der Waals surface area contributed by atoms with Gasteiger partial charge in [-0.25, -0.2) is 0 Å². The molecule has 2 aliphatic carbocycles. The first-order valence-electron chi connectivity index (χ1n) is 8.41. The molecule has 2 nitrogen and oxygen atoms in total. The van der Waals surface area contributed by atoms with Crippen LogP contribution in [-0.2, 0) is 9.59 Å². The molecule has 1 fully saturated rings. The highest BCUT2D eigenvalue weighted by Gasteiger charge is 2.39. The highest BCUT2D eigenvalue weighted by molar-refractivity contribution is 6.37. The molecule has 0 aromatic rings. The summed E-state index contributed by atoms with van der Waals surface area (Å²) in [4.78, 5) is 23.4. The van der Waals surface area contributed by atoms with Gasteiger partial charge in [-0.3, -0.25) is 9.59 Å². The van der Waals surface area contributed by atoms with Gasteiger partial charge in [0.2, 0.25) is 0 Å². The zero-order chi connectivity index (χ0) is 14.4. The molecule has 0 saturated heterocycles. The molecule has 112 valence electrons. The van der Waals surface area contributed by atoms with Crippen LogP contribution < -0.4 is 0 Å². The van der Waals surface area contributed by atoms with Crippen LogP contribution in [0.1, 0.15) is 71.1 Å². The van der Waals surface area contributed by atoms with E-state index in [9.17, 15) is 9.59 Å². The number of allylic oxidation sites excluding steroid dienone is 2. The zero-order valence-corrected chi connectivity index (χ0v) is 12.8. The Bertz CT molecular complexity index is 370. The molecule has 0 amide bonds. The number of fused-ring (bicyclic) bond motifs is 1. The lowest BCUT2D eigenvalue weighted by atomic mass is 9.98. The topological polar surface area (TPSA) is 34.1 Å². The quantitative estimate of drug-likeness (QED) is 0.483. The molecule has 0 bridgehead atoms. The molecule has 0 N–H and O–H groups in total. The Morgan fingerprint density at radius 1 is 0.950 bits per heavy atom. The summed E-state index contributed by atoms with van der Waals surface area (Å²) in [5.41, 5.74) is 0. The van der Waals surface area contributed by atoms with Crippen molar-refractivity contribution in [2.24, 2.45) is 17.8 Å². The van der Waals surface area contributed by atoms with Crippen molar-refractivity contribution < 1.29 is 9.59 Å². The Balaban J connectivity index is 1.83. The average molecular weight is 276 g/mol. The highest BCUT2D eigenvalue weighted by Crippen LogP contribution is 2.47. The molecule has 20 heavy (non-hydrogen) atoms. The van der Waals surface area contributed by atoms with Gasteiger partial charge in [-0.1, -0.05) is 31.9 Å². The number of Topliss-reactive ketones (excluding diaryl/α,β-unsaturated/α-hetero) is 2. The highest BCUT2D eigenvalue weighted by atomic mass is 16.2. The van der Waals surface area contributed by atoms with E-state index in [1.165, 1.54) is 19.3 Å². The maximum Gasteiger partial charge on any atom is 0.198 e. The Morgan fingerprint density at radius 2 is 1.65 bits per heavy atom. The molecule has 2 aliphatic rings. The van der Waals surface area contributed by atoms with Gasteiger partial charge in [-0.05, 0) is 56.3 Å². The minimum absolute atomic E-state index is 0.123. The van der Waals surface area contributed by atoms with Crippen molar-refractivity contribution in [2.75, 3.05) is 0 Å². The monoisotopic (exact) mass is 276 g/mol. The second-order valence-electron chi connectivity index (χ2n) is 6.64. The number of carbonyl (C=O) groups excluding carboxylic acids is 2. The number of hydrogen-bond acceptors (Lipinski definition) is 2. The van der Waals surface area contributed by atoms with Gasteiger partial charge in [-0.2, -0.15) is 0 Å². The largest absolute Gasteiger partial charge is 0.291 e. The third kappa shape index (κ3) is 4.88. The van der Waals surface area contributed by atoms with E-state index < -0.39 is 0 Å². The minimum atomic E-state index is -0.127. The van der Waals surface area contributed by atoms with Crippen LogP contribution in [0.5, 0.6) is 0 Å². The van der Waals surface area contributed by atoms with Crippen LogP contribution in [-0.4, -0.2) is 11.6 Å². The van der Waals surface area contributed by atoms with Gasteiger partial charge < -0.3 is 0 Å². The van der Waals surface area contributed by atoms with E-state index in [4.69, 9.17) is 0 Å². The number of hydrogen-bond donors (Lipinski definition) is 0. The Morgan fingerprint density at radius 3 is 2.45 bits per heavy atom. The van der Waals surface area contributed by atoms with E-state index in [-0.39, 0.29) is 11.6 Å². The first-order chi connectivity index (χ1) is 9.68. The fraction of sp³-hybridized carbons (Fsp3) is 0.778. The molecule has 1 saturated carbocycles. The van der Waals surface area contributed by atoms with Crippen molar-refractivity contribution in [3.05, 3.63) is 12.2 Å². The number of carbonyl (C=O) groups is 2. The zero-order valence-electron chi connectivity index (χ0n) is 12.8. The molecule has 2 heteroatoms. The van der Waals surface area contributed by atoms with Crippen molar-refractivity contribution in [1.29, 1.82) is 0 Å². The van der Waals surface area contributed by atoms with Gasteiger partial charge in [0.25, 0.3) is 0 Å². The summed E-state index contributed by atoms with van der Waals surface area (Å²) in [7, 11) is 0. The standard InChI is InChI=1S/C18H28O2/c1-14-9-6-4-2-3-5-7-11-17(19)18(20)12-8-10-15-13-16(14)15/h6,9,14-16H,2-5,7-8,10-13H2,1H3/b9-6-. The Kier molecular flexibility index (Phi) is 6.00. The maximum absolute atomic E-state index is 11.7. The molecule has 0 heterocycles. The summed E-state index contributed by atoms with van der Waals surface area (Å²) in [6, 6.07) is 0. The second-order valence-corrected chi connectivity index (χ2v) is 6.64. The minimum Gasteiger partial charge on any atom is -0.291 e. The van der Waals surface area contributed by atoms with E-state index in [0.717, 1.165) is 43.9 Å². The van der Waals surface area contributed by atoms with E-state index in [1.54, 1.807) is 0 Å². The lowest BCUT2D eigenvalue weighted by molar-refractivity contribution is -0.136. The second kappa shape index (κ2) is 7.75. The van der Waals surface area contributed by atoms with Gasteiger partial charge in [0, 0.05) is 12.8 Å². The molecule has 0 aromatic heterocycles. The van der Waals surface area contributed by atoms with Gasteiger partial charge in [0.15, 0.2) is 11.6 Å². The number of rotatable bonds is 0. The normalized spacial score (nSPS) is 35.4. The van der Waals surface area contributed by atoms with Crippen LogP contribution in [0.2, 0.25) is 0 Å².